The molecule has 11 nitrogen and oxygen atoms in total. The number of anilines is 3. The first-order chi connectivity index (χ1) is 19.9. The number of benzene rings is 2. The predicted octanol–water partition coefficient (Wildman–Crippen LogP) is 4.44. The van der Waals surface area contributed by atoms with Crippen molar-refractivity contribution < 1.29 is 24.2 Å². The summed E-state index contributed by atoms with van der Waals surface area (Å²) in [5.74, 6) is 0.988. The molecule has 2 amide bonds. The number of amides is 2. The van der Waals surface area contributed by atoms with E-state index in [0.717, 1.165) is 16.7 Å². The second-order valence-electron chi connectivity index (χ2n) is 9.58. The van der Waals surface area contributed by atoms with Crippen molar-refractivity contribution in [2.45, 2.75) is 32.0 Å². The van der Waals surface area contributed by atoms with E-state index in [9.17, 15) is 14.7 Å². The fraction of sp³-hybridized carbons (Fsp3) is 0.233. The van der Waals surface area contributed by atoms with Crippen molar-refractivity contribution in [2.24, 2.45) is 0 Å². The molecular formula is C30H30N6O5. The highest BCUT2D eigenvalue weighted by Gasteiger charge is 2.38. The van der Waals surface area contributed by atoms with Gasteiger partial charge in [-0.05, 0) is 60.9 Å². The zero-order valence-electron chi connectivity index (χ0n) is 22.6. The van der Waals surface area contributed by atoms with Gasteiger partial charge in [0.1, 0.15) is 24.2 Å². The highest BCUT2D eigenvalue weighted by atomic mass is 16.6. The van der Waals surface area contributed by atoms with E-state index in [0.29, 0.717) is 23.2 Å². The van der Waals surface area contributed by atoms with Gasteiger partial charge in [0.2, 0.25) is 5.95 Å². The van der Waals surface area contributed by atoms with Crippen molar-refractivity contribution in [3.63, 3.8) is 0 Å². The summed E-state index contributed by atoms with van der Waals surface area (Å²) in [4.78, 5) is 38.5. The highest BCUT2D eigenvalue weighted by molar-refractivity contribution is 5.92. The summed E-state index contributed by atoms with van der Waals surface area (Å²) in [6.45, 7) is 3.60. The van der Waals surface area contributed by atoms with Crippen LogP contribution in [-0.2, 0) is 9.53 Å². The summed E-state index contributed by atoms with van der Waals surface area (Å²) in [6, 6.07) is 20.1. The van der Waals surface area contributed by atoms with Crippen LogP contribution in [0.1, 0.15) is 25.5 Å². The van der Waals surface area contributed by atoms with Gasteiger partial charge >= 0.3 is 6.09 Å². The summed E-state index contributed by atoms with van der Waals surface area (Å²) < 4.78 is 10.5. The zero-order chi connectivity index (χ0) is 28.8. The fourth-order valence-corrected chi connectivity index (χ4v) is 4.37. The van der Waals surface area contributed by atoms with E-state index in [-0.39, 0.29) is 25.2 Å². The van der Waals surface area contributed by atoms with Crippen LogP contribution in [0.15, 0.2) is 85.3 Å². The molecule has 1 saturated heterocycles. The summed E-state index contributed by atoms with van der Waals surface area (Å²) in [6.07, 6.45) is 3.44. The number of ether oxygens (including phenoxy) is 2. The van der Waals surface area contributed by atoms with Gasteiger partial charge in [-0.15, -0.1) is 0 Å². The average molecular weight is 555 g/mol. The van der Waals surface area contributed by atoms with E-state index in [4.69, 9.17) is 9.47 Å². The average Bonchev–Trinajstić information content (AvgIpc) is 3.39. The van der Waals surface area contributed by atoms with Crippen molar-refractivity contribution in [3.8, 4) is 16.9 Å². The van der Waals surface area contributed by atoms with Crippen molar-refractivity contribution in [1.29, 1.82) is 0 Å². The molecule has 1 aliphatic heterocycles. The number of pyridine rings is 1. The van der Waals surface area contributed by atoms with E-state index >= 15 is 0 Å². The van der Waals surface area contributed by atoms with Crippen molar-refractivity contribution in [3.05, 3.63) is 90.9 Å². The van der Waals surface area contributed by atoms with Gasteiger partial charge in [0.15, 0.2) is 6.61 Å². The van der Waals surface area contributed by atoms with Crippen LogP contribution in [-0.4, -0.2) is 57.4 Å². The number of aliphatic hydroxyl groups is 1. The highest BCUT2D eigenvalue weighted by Crippen LogP contribution is 2.27. The third-order valence-electron chi connectivity index (χ3n) is 6.61. The molecule has 3 heterocycles. The minimum atomic E-state index is -0.766. The standard InChI is InChI=1S/C30H30N6O5/c1-19(33-29-32-15-13-27(35-29)36-26(20(2)37)17-41-30(36)39)21-5-7-22(8-6-21)23-9-11-24(12-10-23)34-28(38)18-40-25-4-3-14-31-16-25/h3-16,19-20,26,37H,17-18H2,1-2H3,(H,34,38)(H,32,33,35)/t19-,20+,26+/m0/s1. The number of hydrogen-bond acceptors (Lipinski definition) is 9. The number of nitrogens with zero attached hydrogens (tertiary/aromatic N) is 4. The molecule has 0 saturated carbocycles. The molecule has 11 heteroatoms. The smallest absolute Gasteiger partial charge is 0.416 e. The van der Waals surface area contributed by atoms with Crippen molar-refractivity contribution in [2.75, 3.05) is 28.7 Å². The molecule has 4 aromatic rings. The van der Waals surface area contributed by atoms with Crippen LogP contribution in [0.2, 0.25) is 0 Å². The van der Waals surface area contributed by atoms with Crippen LogP contribution in [0, 0.1) is 0 Å². The Morgan fingerprint density at radius 3 is 2.49 bits per heavy atom. The van der Waals surface area contributed by atoms with Gasteiger partial charge in [0.25, 0.3) is 5.91 Å². The lowest BCUT2D eigenvalue weighted by Crippen LogP contribution is -2.41. The van der Waals surface area contributed by atoms with Gasteiger partial charge in [0, 0.05) is 18.1 Å². The monoisotopic (exact) mass is 554 g/mol. The Bertz CT molecular complexity index is 1480. The maximum absolute atomic E-state index is 12.2. The van der Waals surface area contributed by atoms with Gasteiger partial charge in [-0.25, -0.2) is 9.78 Å². The van der Waals surface area contributed by atoms with E-state index < -0.39 is 18.2 Å². The van der Waals surface area contributed by atoms with E-state index in [1.165, 1.54) is 4.90 Å². The second kappa shape index (κ2) is 12.4. The molecule has 41 heavy (non-hydrogen) atoms. The molecule has 2 aromatic carbocycles. The lowest BCUT2D eigenvalue weighted by atomic mass is 10.0. The Labute approximate surface area is 237 Å². The van der Waals surface area contributed by atoms with Gasteiger partial charge < -0.3 is 25.2 Å². The number of aliphatic hydroxyl groups excluding tert-OH is 1. The minimum Gasteiger partial charge on any atom is -0.482 e. The lowest BCUT2D eigenvalue weighted by molar-refractivity contribution is -0.118. The Morgan fingerprint density at radius 2 is 1.80 bits per heavy atom. The molecule has 0 bridgehead atoms. The second-order valence-corrected chi connectivity index (χ2v) is 9.58. The first kappa shape index (κ1) is 27.5. The number of aromatic nitrogens is 3. The van der Waals surface area contributed by atoms with Crippen LogP contribution in [0.3, 0.4) is 0 Å². The van der Waals surface area contributed by atoms with Gasteiger partial charge in [-0.2, -0.15) is 4.98 Å². The van der Waals surface area contributed by atoms with Crippen LogP contribution < -0.4 is 20.3 Å². The molecule has 0 aliphatic carbocycles. The molecule has 3 N–H and O–H groups in total. The summed E-state index contributed by atoms with van der Waals surface area (Å²) in [5.41, 5.74) is 3.71. The third kappa shape index (κ3) is 6.76. The number of hydrogen-bond donors (Lipinski definition) is 3. The fourth-order valence-electron chi connectivity index (χ4n) is 4.37. The quantitative estimate of drug-likeness (QED) is 0.260. The Kier molecular flexibility index (Phi) is 8.35. The van der Waals surface area contributed by atoms with Crippen LogP contribution in [0.25, 0.3) is 11.1 Å². The maximum atomic E-state index is 12.2. The first-order valence-corrected chi connectivity index (χ1v) is 13.1. The molecule has 2 aromatic heterocycles. The molecule has 0 spiro atoms. The number of carbonyl (C=O) groups excluding carboxylic acids is 2. The Hall–Kier alpha value is -5.03. The molecule has 5 rings (SSSR count). The van der Waals surface area contributed by atoms with E-state index in [2.05, 4.69) is 25.6 Å². The molecule has 210 valence electrons. The molecule has 0 radical (unpaired) electrons. The SMILES string of the molecule is C[C@H](Nc1nccc(N2C(=O)OC[C@@H]2[C@@H](C)O)n1)c1ccc(-c2ccc(NC(=O)COc3cccnc3)cc2)cc1. The van der Waals surface area contributed by atoms with Gasteiger partial charge in [0.05, 0.1) is 18.3 Å². The van der Waals surface area contributed by atoms with Crippen molar-refractivity contribution in [1.82, 2.24) is 15.0 Å². The number of carbonyl (C=O) groups is 2. The maximum Gasteiger partial charge on any atom is 0.416 e. The third-order valence-corrected chi connectivity index (χ3v) is 6.61. The molecule has 1 aliphatic rings. The van der Waals surface area contributed by atoms with E-state index in [1.807, 2.05) is 55.5 Å². The number of nitrogens with one attached hydrogen (secondary N) is 2. The Balaban J connectivity index is 1.18. The predicted molar refractivity (Wildman–Crippen MR) is 154 cm³/mol. The van der Waals surface area contributed by atoms with Gasteiger partial charge in [-0.1, -0.05) is 36.4 Å². The number of cyclic esters (lactones) is 1. The van der Waals surface area contributed by atoms with Crippen LogP contribution in [0.4, 0.5) is 22.2 Å². The Morgan fingerprint density at radius 1 is 1.07 bits per heavy atom. The number of rotatable bonds is 10. The molecular weight excluding hydrogens is 524 g/mol. The molecule has 3 atom stereocenters. The van der Waals surface area contributed by atoms with Gasteiger partial charge in [-0.3, -0.25) is 14.7 Å². The van der Waals surface area contributed by atoms with Crippen LogP contribution >= 0.6 is 0 Å². The molecule has 0 unspecified atom stereocenters. The minimum absolute atomic E-state index is 0.102. The molecule has 1 fully saturated rings. The normalized spacial score (nSPS) is 16.0. The summed E-state index contributed by atoms with van der Waals surface area (Å²) in [5, 5.41) is 16.1. The zero-order valence-corrected chi connectivity index (χ0v) is 22.6. The summed E-state index contributed by atoms with van der Waals surface area (Å²) in [7, 11) is 0. The first-order valence-electron chi connectivity index (χ1n) is 13.1. The topological polar surface area (TPSA) is 139 Å². The summed E-state index contributed by atoms with van der Waals surface area (Å²) >= 11 is 0. The van der Waals surface area contributed by atoms with Crippen LogP contribution in [0.5, 0.6) is 5.75 Å². The van der Waals surface area contributed by atoms with Crippen molar-refractivity contribution >= 4 is 29.5 Å². The lowest BCUT2D eigenvalue weighted by Gasteiger charge is -2.23. The largest absolute Gasteiger partial charge is 0.482 e. The van der Waals surface area contributed by atoms with E-state index in [1.54, 1.807) is 43.7 Å².